The SMILES string of the molecule is NCC(SCc1ccco1)C(F)(F)F. The van der Waals surface area contributed by atoms with Crippen molar-refractivity contribution < 1.29 is 17.6 Å². The molecule has 6 heteroatoms. The molecule has 1 aromatic heterocycles. The van der Waals surface area contributed by atoms with Crippen LogP contribution in [0, 0.1) is 0 Å². The second kappa shape index (κ2) is 4.75. The minimum Gasteiger partial charge on any atom is -0.468 e. The maximum Gasteiger partial charge on any atom is 0.401 e. The van der Waals surface area contributed by atoms with E-state index >= 15 is 0 Å². The first-order valence-electron chi connectivity index (χ1n) is 3.95. The summed E-state index contributed by atoms with van der Waals surface area (Å²) in [4.78, 5) is 0. The Morgan fingerprint density at radius 1 is 1.50 bits per heavy atom. The molecule has 1 atom stereocenters. The first-order chi connectivity index (χ1) is 6.54. The fraction of sp³-hybridized carbons (Fsp3) is 0.500. The summed E-state index contributed by atoms with van der Waals surface area (Å²) in [6.07, 6.45) is -2.81. The summed E-state index contributed by atoms with van der Waals surface area (Å²) in [5.41, 5.74) is 5.03. The summed E-state index contributed by atoms with van der Waals surface area (Å²) in [5.74, 6) is 0.715. The van der Waals surface area contributed by atoms with Gasteiger partial charge in [-0.25, -0.2) is 0 Å². The van der Waals surface area contributed by atoms with Gasteiger partial charge in [-0.3, -0.25) is 0 Å². The molecule has 1 heterocycles. The molecule has 0 bridgehead atoms. The third kappa shape index (κ3) is 3.26. The van der Waals surface area contributed by atoms with Gasteiger partial charge in [0.15, 0.2) is 0 Å². The average molecular weight is 225 g/mol. The minimum absolute atomic E-state index is 0.189. The van der Waals surface area contributed by atoms with E-state index in [0.717, 1.165) is 11.8 Å². The van der Waals surface area contributed by atoms with Crippen LogP contribution in [0.4, 0.5) is 13.2 Å². The van der Waals surface area contributed by atoms with Crippen LogP contribution < -0.4 is 5.73 Å². The van der Waals surface area contributed by atoms with Gasteiger partial charge in [-0.2, -0.15) is 13.2 Å². The van der Waals surface area contributed by atoms with Crippen molar-refractivity contribution in [3.05, 3.63) is 24.2 Å². The van der Waals surface area contributed by atoms with Gasteiger partial charge < -0.3 is 10.2 Å². The lowest BCUT2D eigenvalue weighted by molar-refractivity contribution is -0.126. The standard InChI is InChI=1S/C8H10F3NOS/c9-8(10,11)7(4-12)14-5-6-2-1-3-13-6/h1-3,7H,4-5,12H2. The molecule has 0 aromatic carbocycles. The molecule has 0 radical (unpaired) electrons. The molecule has 0 aliphatic carbocycles. The first-order valence-corrected chi connectivity index (χ1v) is 4.99. The van der Waals surface area contributed by atoms with Gasteiger partial charge in [-0.05, 0) is 12.1 Å². The van der Waals surface area contributed by atoms with E-state index in [0.29, 0.717) is 5.76 Å². The van der Waals surface area contributed by atoms with Crippen molar-refractivity contribution in [1.82, 2.24) is 0 Å². The first kappa shape index (κ1) is 11.5. The number of furan rings is 1. The second-order valence-electron chi connectivity index (χ2n) is 2.66. The smallest absolute Gasteiger partial charge is 0.401 e. The van der Waals surface area contributed by atoms with Gasteiger partial charge in [0.25, 0.3) is 0 Å². The van der Waals surface area contributed by atoms with E-state index in [1.807, 2.05) is 0 Å². The normalized spacial score (nSPS) is 14.3. The van der Waals surface area contributed by atoms with Crippen LogP contribution in [0.3, 0.4) is 0 Å². The number of alkyl halides is 3. The summed E-state index contributed by atoms with van der Waals surface area (Å²) in [5, 5.41) is -1.52. The van der Waals surface area contributed by atoms with Crippen LogP contribution in [0.15, 0.2) is 22.8 Å². The van der Waals surface area contributed by atoms with Gasteiger partial charge in [-0.1, -0.05) is 0 Å². The number of thioether (sulfide) groups is 1. The van der Waals surface area contributed by atoms with Gasteiger partial charge in [0.05, 0.1) is 12.0 Å². The molecule has 0 saturated heterocycles. The summed E-state index contributed by atoms with van der Waals surface area (Å²) in [6.45, 7) is -0.408. The van der Waals surface area contributed by atoms with Crippen molar-refractivity contribution in [2.75, 3.05) is 6.54 Å². The average Bonchev–Trinajstić information content (AvgIpc) is 2.55. The zero-order valence-corrected chi connectivity index (χ0v) is 8.07. The Morgan fingerprint density at radius 2 is 2.21 bits per heavy atom. The molecular formula is C8H10F3NOS. The zero-order chi connectivity index (χ0) is 10.6. The molecule has 1 aromatic rings. The lowest BCUT2D eigenvalue weighted by Crippen LogP contribution is -2.33. The highest BCUT2D eigenvalue weighted by molar-refractivity contribution is 7.99. The monoisotopic (exact) mass is 225 g/mol. The number of nitrogens with two attached hydrogens (primary N) is 1. The molecule has 0 saturated carbocycles. The predicted molar refractivity (Wildman–Crippen MR) is 48.9 cm³/mol. The van der Waals surface area contributed by atoms with E-state index in [9.17, 15) is 13.2 Å². The van der Waals surface area contributed by atoms with E-state index in [1.165, 1.54) is 6.26 Å². The molecule has 0 amide bonds. The minimum atomic E-state index is -4.24. The molecule has 80 valence electrons. The summed E-state index contributed by atoms with van der Waals surface area (Å²) in [7, 11) is 0. The lowest BCUT2D eigenvalue weighted by atomic mass is 10.4. The molecule has 1 unspecified atom stereocenters. The summed E-state index contributed by atoms with van der Waals surface area (Å²) in [6, 6.07) is 3.28. The van der Waals surface area contributed by atoms with Gasteiger partial charge in [0.1, 0.15) is 11.0 Å². The largest absolute Gasteiger partial charge is 0.468 e. The maximum atomic E-state index is 12.2. The van der Waals surface area contributed by atoms with Crippen molar-refractivity contribution >= 4 is 11.8 Å². The van der Waals surface area contributed by atoms with Crippen molar-refractivity contribution in [2.45, 2.75) is 17.2 Å². The maximum absolute atomic E-state index is 12.2. The third-order valence-corrected chi connectivity index (χ3v) is 2.90. The van der Waals surface area contributed by atoms with Crippen molar-refractivity contribution in [3.8, 4) is 0 Å². The van der Waals surface area contributed by atoms with E-state index in [-0.39, 0.29) is 5.75 Å². The Hall–Kier alpha value is -0.620. The van der Waals surface area contributed by atoms with Crippen LogP contribution in [-0.4, -0.2) is 18.0 Å². The molecular weight excluding hydrogens is 215 g/mol. The molecule has 0 aliphatic rings. The summed E-state index contributed by atoms with van der Waals surface area (Å²) < 4.78 is 41.6. The van der Waals surface area contributed by atoms with E-state index in [2.05, 4.69) is 0 Å². The van der Waals surface area contributed by atoms with Crippen LogP contribution in [-0.2, 0) is 5.75 Å². The quantitative estimate of drug-likeness (QED) is 0.855. The van der Waals surface area contributed by atoms with Crippen LogP contribution in [0.1, 0.15) is 5.76 Å². The van der Waals surface area contributed by atoms with Crippen molar-refractivity contribution in [3.63, 3.8) is 0 Å². The Morgan fingerprint density at radius 3 is 2.64 bits per heavy atom. The number of hydrogen-bond acceptors (Lipinski definition) is 3. The molecule has 2 N–H and O–H groups in total. The van der Waals surface area contributed by atoms with Gasteiger partial charge in [0, 0.05) is 6.54 Å². The fourth-order valence-electron chi connectivity index (χ4n) is 0.874. The number of hydrogen-bond donors (Lipinski definition) is 1. The van der Waals surface area contributed by atoms with E-state index in [4.69, 9.17) is 10.2 Å². The highest BCUT2D eigenvalue weighted by atomic mass is 32.2. The van der Waals surface area contributed by atoms with Crippen molar-refractivity contribution in [1.29, 1.82) is 0 Å². The number of halogens is 3. The Bertz CT molecular complexity index is 260. The van der Waals surface area contributed by atoms with Crippen LogP contribution in [0.25, 0.3) is 0 Å². The fourth-order valence-corrected chi connectivity index (χ4v) is 1.73. The van der Waals surface area contributed by atoms with Crippen LogP contribution >= 0.6 is 11.8 Å². The van der Waals surface area contributed by atoms with E-state index < -0.39 is 18.0 Å². The Labute approximate surface area is 83.6 Å². The van der Waals surface area contributed by atoms with Gasteiger partial charge in [0.2, 0.25) is 0 Å². The predicted octanol–water partition coefficient (Wildman–Crippen LogP) is 2.40. The third-order valence-electron chi connectivity index (χ3n) is 1.59. The molecule has 2 nitrogen and oxygen atoms in total. The molecule has 0 aliphatic heterocycles. The highest BCUT2D eigenvalue weighted by Crippen LogP contribution is 2.31. The summed E-state index contributed by atoms with van der Waals surface area (Å²) >= 11 is 0.742. The molecule has 14 heavy (non-hydrogen) atoms. The zero-order valence-electron chi connectivity index (χ0n) is 7.25. The highest BCUT2D eigenvalue weighted by Gasteiger charge is 2.38. The number of rotatable bonds is 4. The molecule has 0 fully saturated rings. The molecule has 1 rings (SSSR count). The van der Waals surface area contributed by atoms with Gasteiger partial charge >= 0.3 is 6.18 Å². The van der Waals surface area contributed by atoms with Gasteiger partial charge in [-0.15, -0.1) is 11.8 Å². The van der Waals surface area contributed by atoms with E-state index in [1.54, 1.807) is 12.1 Å². The van der Waals surface area contributed by atoms with Crippen LogP contribution in [0.2, 0.25) is 0 Å². The van der Waals surface area contributed by atoms with Crippen molar-refractivity contribution in [2.24, 2.45) is 5.73 Å². The topological polar surface area (TPSA) is 39.2 Å². The Kier molecular flexibility index (Phi) is 3.88. The second-order valence-corrected chi connectivity index (χ2v) is 3.85. The Balaban J connectivity index is 2.43. The van der Waals surface area contributed by atoms with Crippen LogP contribution in [0.5, 0.6) is 0 Å². The molecule has 0 spiro atoms. The lowest BCUT2D eigenvalue weighted by Gasteiger charge is -2.16.